The molecule has 0 saturated carbocycles. The van der Waals surface area contributed by atoms with E-state index in [1.807, 2.05) is 30.3 Å². The highest BCUT2D eigenvalue weighted by atomic mass is 19.4. The summed E-state index contributed by atoms with van der Waals surface area (Å²) in [4.78, 5) is 8.88. The minimum Gasteiger partial charge on any atom is -0.459 e. The molecule has 9 heteroatoms. The first kappa shape index (κ1) is 15.4. The number of halogens is 3. The van der Waals surface area contributed by atoms with Crippen LogP contribution in [0.2, 0.25) is 0 Å². The van der Waals surface area contributed by atoms with E-state index < -0.39 is 11.9 Å². The van der Waals surface area contributed by atoms with Gasteiger partial charge in [-0.05, 0) is 12.1 Å². The predicted octanol–water partition coefficient (Wildman–Crippen LogP) is 3.53. The lowest BCUT2D eigenvalue weighted by Gasteiger charge is -2.19. The number of furan rings is 1. The molecule has 128 valence electrons. The van der Waals surface area contributed by atoms with Crippen molar-refractivity contribution in [2.45, 2.75) is 12.7 Å². The fourth-order valence-corrected chi connectivity index (χ4v) is 2.64. The molecule has 0 radical (unpaired) electrons. The summed E-state index contributed by atoms with van der Waals surface area (Å²) in [6.07, 6.45) is -3.40. The van der Waals surface area contributed by atoms with Crippen molar-refractivity contribution < 1.29 is 17.6 Å². The monoisotopic (exact) mass is 347 g/mol. The summed E-state index contributed by atoms with van der Waals surface area (Å²) in [5, 5.41) is 4.88. The third-order valence-corrected chi connectivity index (χ3v) is 3.78. The molecule has 0 amide bonds. The molecule has 0 fully saturated rings. The minimum absolute atomic E-state index is 0.110. The Kier molecular flexibility index (Phi) is 3.38. The Morgan fingerprint density at radius 1 is 1.20 bits per heavy atom. The lowest BCUT2D eigenvalue weighted by atomic mass is 10.2. The second-order valence-corrected chi connectivity index (χ2v) is 5.58. The average Bonchev–Trinajstić information content (AvgIpc) is 3.18. The van der Waals surface area contributed by atoms with Gasteiger partial charge in [-0.1, -0.05) is 18.2 Å². The zero-order valence-electron chi connectivity index (χ0n) is 13.0. The molecular formula is C16H12F3N5O. The van der Waals surface area contributed by atoms with Gasteiger partial charge in [-0.3, -0.25) is 0 Å². The molecule has 0 aliphatic carbocycles. The third-order valence-electron chi connectivity index (χ3n) is 3.78. The fraction of sp³-hybridized carbons (Fsp3) is 0.188. The standard InChI is InChI=1S/C16H12F3N5O/c1-23(8-11-6-10-4-2-3-5-12(10)25-11)14-7-13(16(17,18)19)22-15-20-9-21-24(14)15/h2-7,9H,8H2,1H3. The quantitative estimate of drug-likeness (QED) is 0.567. The summed E-state index contributed by atoms with van der Waals surface area (Å²) in [5.41, 5.74) is -0.290. The number of nitrogens with zero attached hydrogens (tertiary/aromatic N) is 5. The molecule has 0 unspecified atom stereocenters. The molecule has 6 nitrogen and oxygen atoms in total. The highest BCUT2D eigenvalue weighted by Crippen LogP contribution is 2.31. The minimum atomic E-state index is -4.57. The van der Waals surface area contributed by atoms with Crippen LogP contribution in [0.15, 0.2) is 47.1 Å². The number of para-hydroxylation sites is 1. The lowest BCUT2D eigenvalue weighted by Crippen LogP contribution is -2.21. The number of hydrogen-bond donors (Lipinski definition) is 0. The van der Waals surface area contributed by atoms with Gasteiger partial charge in [0.1, 0.15) is 23.5 Å². The van der Waals surface area contributed by atoms with Gasteiger partial charge >= 0.3 is 6.18 Å². The van der Waals surface area contributed by atoms with Crippen molar-refractivity contribution in [2.24, 2.45) is 0 Å². The molecule has 0 bridgehead atoms. The fourth-order valence-electron chi connectivity index (χ4n) is 2.64. The number of rotatable bonds is 3. The molecule has 0 spiro atoms. The second kappa shape index (κ2) is 5.47. The maximum atomic E-state index is 13.1. The highest BCUT2D eigenvalue weighted by Gasteiger charge is 2.34. The molecule has 0 aliphatic rings. The molecular weight excluding hydrogens is 335 g/mol. The van der Waals surface area contributed by atoms with Crippen LogP contribution in [-0.2, 0) is 12.7 Å². The SMILES string of the molecule is CN(Cc1cc2ccccc2o1)c1cc(C(F)(F)F)nc2ncnn12. The van der Waals surface area contributed by atoms with Gasteiger partial charge in [-0.25, -0.2) is 4.98 Å². The Morgan fingerprint density at radius 2 is 2.00 bits per heavy atom. The lowest BCUT2D eigenvalue weighted by molar-refractivity contribution is -0.141. The first-order valence-electron chi connectivity index (χ1n) is 7.38. The van der Waals surface area contributed by atoms with Gasteiger partial charge in [0.2, 0.25) is 0 Å². The maximum absolute atomic E-state index is 13.1. The van der Waals surface area contributed by atoms with Gasteiger partial charge in [-0.2, -0.15) is 27.8 Å². The Balaban J connectivity index is 1.73. The Hall–Kier alpha value is -3.10. The Morgan fingerprint density at radius 3 is 2.76 bits per heavy atom. The molecule has 0 N–H and O–H groups in total. The van der Waals surface area contributed by atoms with Crippen LogP contribution in [0.3, 0.4) is 0 Å². The summed E-state index contributed by atoms with van der Waals surface area (Å²) >= 11 is 0. The van der Waals surface area contributed by atoms with Gasteiger partial charge in [0.25, 0.3) is 5.78 Å². The average molecular weight is 347 g/mol. The number of fused-ring (bicyclic) bond motifs is 2. The van der Waals surface area contributed by atoms with Crippen molar-refractivity contribution >= 4 is 22.6 Å². The number of aromatic nitrogens is 4. The van der Waals surface area contributed by atoms with Crippen molar-refractivity contribution in [1.29, 1.82) is 0 Å². The van der Waals surface area contributed by atoms with Crippen LogP contribution in [0.4, 0.5) is 19.0 Å². The maximum Gasteiger partial charge on any atom is 0.433 e. The zero-order valence-corrected chi connectivity index (χ0v) is 13.0. The summed E-state index contributed by atoms with van der Waals surface area (Å²) in [6, 6.07) is 10.3. The predicted molar refractivity (Wildman–Crippen MR) is 84.1 cm³/mol. The Labute approximate surface area is 139 Å². The zero-order chi connectivity index (χ0) is 17.6. The molecule has 1 aromatic carbocycles. The molecule has 3 heterocycles. The topological polar surface area (TPSA) is 59.5 Å². The van der Waals surface area contributed by atoms with Crippen LogP contribution >= 0.6 is 0 Å². The molecule has 4 aromatic rings. The van der Waals surface area contributed by atoms with Gasteiger partial charge in [-0.15, -0.1) is 0 Å². The van der Waals surface area contributed by atoms with Crippen LogP contribution in [0.25, 0.3) is 16.7 Å². The van der Waals surface area contributed by atoms with E-state index in [1.54, 1.807) is 11.9 Å². The van der Waals surface area contributed by atoms with E-state index in [9.17, 15) is 13.2 Å². The first-order valence-corrected chi connectivity index (χ1v) is 7.38. The smallest absolute Gasteiger partial charge is 0.433 e. The van der Waals surface area contributed by atoms with Gasteiger partial charge in [0, 0.05) is 18.5 Å². The van der Waals surface area contributed by atoms with E-state index in [0.29, 0.717) is 5.76 Å². The number of hydrogen-bond acceptors (Lipinski definition) is 5. The highest BCUT2D eigenvalue weighted by molar-refractivity contribution is 5.77. The van der Waals surface area contributed by atoms with Gasteiger partial charge < -0.3 is 9.32 Å². The van der Waals surface area contributed by atoms with Crippen LogP contribution < -0.4 is 4.90 Å². The van der Waals surface area contributed by atoms with E-state index in [2.05, 4.69) is 15.1 Å². The summed E-state index contributed by atoms with van der Waals surface area (Å²) in [6.45, 7) is 0.269. The molecule has 3 aromatic heterocycles. The van der Waals surface area contributed by atoms with Crippen molar-refractivity contribution in [3.63, 3.8) is 0 Å². The molecule has 0 saturated heterocycles. The van der Waals surface area contributed by atoms with Crippen molar-refractivity contribution in [3.05, 3.63) is 54.2 Å². The van der Waals surface area contributed by atoms with Crippen LogP contribution in [0, 0.1) is 0 Å². The van der Waals surface area contributed by atoms with E-state index >= 15 is 0 Å². The summed E-state index contributed by atoms with van der Waals surface area (Å²) < 4.78 is 46.2. The third kappa shape index (κ3) is 2.77. The normalized spacial score (nSPS) is 12.2. The largest absolute Gasteiger partial charge is 0.459 e. The molecule has 4 rings (SSSR count). The van der Waals surface area contributed by atoms with E-state index in [-0.39, 0.29) is 18.1 Å². The first-order chi connectivity index (χ1) is 11.9. The number of anilines is 1. The molecule has 0 atom stereocenters. The second-order valence-electron chi connectivity index (χ2n) is 5.58. The van der Waals surface area contributed by atoms with Crippen LogP contribution in [0.5, 0.6) is 0 Å². The van der Waals surface area contributed by atoms with Gasteiger partial charge in [0.15, 0.2) is 5.69 Å². The summed E-state index contributed by atoms with van der Waals surface area (Å²) in [5.74, 6) is 0.735. The number of benzene rings is 1. The Bertz CT molecular complexity index is 1020. The van der Waals surface area contributed by atoms with E-state index in [4.69, 9.17) is 4.42 Å². The summed E-state index contributed by atoms with van der Waals surface area (Å²) in [7, 11) is 1.66. The van der Waals surface area contributed by atoms with Crippen LogP contribution in [0.1, 0.15) is 11.5 Å². The van der Waals surface area contributed by atoms with E-state index in [0.717, 1.165) is 17.0 Å². The molecule has 0 aliphatic heterocycles. The van der Waals surface area contributed by atoms with E-state index in [1.165, 1.54) is 10.8 Å². The molecule has 25 heavy (non-hydrogen) atoms. The van der Waals surface area contributed by atoms with Crippen LogP contribution in [-0.4, -0.2) is 26.6 Å². The van der Waals surface area contributed by atoms with Crippen molar-refractivity contribution in [3.8, 4) is 0 Å². The van der Waals surface area contributed by atoms with Crippen molar-refractivity contribution in [1.82, 2.24) is 19.6 Å². The van der Waals surface area contributed by atoms with Crippen molar-refractivity contribution in [2.75, 3.05) is 11.9 Å². The number of alkyl halides is 3. The van der Waals surface area contributed by atoms with Gasteiger partial charge in [0.05, 0.1) is 6.54 Å².